The van der Waals surface area contributed by atoms with Crippen LogP contribution in [0.15, 0.2) is 30.3 Å². The maximum atomic E-state index is 13.2. The number of nitrogens with one attached hydrogen (secondary N) is 1. The third kappa shape index (κ3) is 5.74. The summed E-state index contributed by atoms with van der Waals surface area (Å²) in [5.41, 5.74) is 0.675. The first-order valence-corrected chi connectivity index (χ1v) is 8.49. The molecule has 0 aliphatic rings. The zero-order valence-electron chi connectivity index (χ0n) is 14.5. The number of ether oxygens (including phenoxy) is 3. The summed E-state index contributed by atoms with van der Waals surface area (Å²) in [7, 11) is 1.23. The van der Waals surface area contributed by atoms with E-state index in [0.717, 1.165) is 12.1 Å². The van der Waals surface area contributed by atoms with Gasteiger partial charge in [0.1, 0.15) is 23.7 Å². The number of esters is 2. The molecular weight excluding hydrogens is 400 g/mol. The standard InChI is InChI=1S/C18H16Cl2FNO5/c1-10(23)27-16-4-3-12(9-13(16)18(24)25-2)22-5-6-26-17-14(19)7-11(21)8-15(17)20/h3-4,7-9,22H,5-6H2,1-2H3. The number of anilines is 1. The number of benzene rings is 2. The minimum absolute atomic E-state index is 0.0683. The first-order chi connectivity index (χ1) is 12.8. The molecule has 1 N–H and O–H groups in total. The highest BCUT2D eigenvalue weighted by Gasteiger charge is 2.16. The highest BCUT2D eigenvalue weighted by molar-refractivity contribution is 6.37. The van der Waals surface area contributed by atoms with Crippen LogP contribution < -0.4 is 14.8 Å². The maximum absolute atomic E-state index is 13.2. The molecule has 0 unspecified atom stereocenters. The van der Waals surface area contributed by atoms with Crippen LogP contribution in [-0.4, -0.2) is 32.2 Å². The molecule has 0 aliphatic carbocycles. The number of hydrogen-bond acceptors (Lipinski definition) is 6. The van der Waals surface area contributed by atoms with Crippen molar-refractivity contribution in [3.05, 3.63) is 51.8 Å². The van der Waals surface area contributed by atoms with Crippen LogP contribution in [0.5, 0.6) is 11.5 Å². The molecule has 0 atom stereocenters. The molecule has 0 fully saturated rings. The van der Waals surface area contributed by atoms with E-state index in [0.29, 0.717) is 12.2 Å². The van der Waals surface area contributed by atoms with Crippen LogP contribution in [-0.2, 0) is 9.53 Å². The topological polar surface area (TPSA) is 73.9 Å². The van der Waals surface area contributed by atoms with Gasteiger partial charge >= 0.3 is 11.9 Å². The Balaban J connectivity index is 2.02. The third-order valence-electron chi connectivity index (χ3n) is 3.28. The molecule has 0 aliphatic heterocycles. The van der Waals surface area contributed by atoms with E-state index in [4.69, 9.17) is 37.4 Å². The Hall–Kier alpha value is -2.51. The van der Waals surface area contributed by atoms with Gasteiger partial charge in [0.25, 0.3) is 0 Å². The van der Waals surface area contributed by atoms with Crippen LogP contribution in [0, 0.1) is 5.82 Å². The number of rotatable bonds is 7. The quantitative estimate of drug-likeness (QED) is 0.412. The van der Waals surface area contributed by atoms with Gasteiger partial charge in [-0.05, 0) is 30.3 Å². The number of hydrogen-bond donors (Lipinski definition) is 1. The summed E-state index contributed by atoms with van der Waals surface area (Å²) >= 11 is 11.8. The van der Waals surface area contributed by atoms with Gasteiger partial charge in [-0.2, -0.15) is 0 Å². The van der Waals surface area contributed by atoms with Gasteiger partial charge in [0, 0.05) is 19.2 Å². The Bertz CT molecular complexity index is 837. The van der Waals surface area contributed by atoms with E-state index >= 15 is 0 Å². The molecule has 144 valence electrons. The molecule has 6 nitrogen and oxygen atoms in total. The summed E-state index contributed by atoms with van der Waals surface area (Å²) in [6.45, 7) is 1.73. The number of carbonyl (C=O) groups excluding carboxylic acids is 2. The van der Waals surface area contributed by atoms with E-state index in [1.165, 1.54) is 26.2 Å². The van der Waals surface area contributed by atoms with Crippen molar-refractivity contribution in [1.29, 1.82) is 0 Å². The third-order valence-corrected chi connectivity index (χ3v) is 3.84. The summed E-state index contributed by atoms with van der Waals surface area (Å²) in [6.07, 6.45) is 0. The molecule has 27 heavy (non-hydrogen) atoms. The first-order valence-electron chi connectivity index (χ1n) is 7.73. The van der Waals surface area contributed by atoms with E-state index in [2.05, 4.69) is 5.32 Å². The first kappa shape index (κ1) is 20.8. The molecular formula is C18H16Cl2FNO5. The Morgan fingerprint density at radius 1 is 1.15 bits per heavy atom. The normalized spacial score (nSPS) is 10.3. The predicted octanol–water partition coefficient (Wildman–Crippen LogP) is 4.34. The summed E-state index contributed by atoms with van der Waals surface area (Å²) in [5.74, 6) is -1.47. The molecule has 0 saturated carbocycles. The van der Waals surface area contributed by atoms with Crippen LogP contribution in [0.4, 0.5) is 10.1 Å². The van der Waals surface area contributed by atoms with E-state index in [1.807, 2.05) is 0 Å². The zero-order chi connectivity index (χ0) is 20.0. The van der Waals surface area contributed by atoms with Crippen molar-refractivity contribution < 1.29 is 28.2 Å². The highest BCUT2D eigenvalue weighted by Crippen LogP contribution is 2.33. The van der Waals surface area contributed by atoms with Crippen molar-refractivity contribution in [1.82, 2.24) is 0 Å². The van der Waals surface area contributed by atoms with Gasteiger partial charge in [-0.1, -0.05) is 23.2 Å². The number of carbonyl (C=O) groups is 2. The van der Waals surface area contributed by atoms with Crippen molar-refractivity contribution in [3.63, 3.8) is 0 Å². The van der Waals surface area contributed by atoms with Gasteiger partial charge in [0.2, 0.25) is 0 Å². The second kappa shape index (κ2) is 9.43. The van der Waals surface area contributed by atoms with Crippen LogP contribution in [0.3, 0.4) is 0 Å². The molecule has 9 heteroatoms. The minimum atomic E-state index is -0.643. The van der Waals surface area contributed by atoms with Crippen LogP contribution in [0.25, 0.3) is 0 Å². The van der Waals surface area contributed by atoms with E-state index in [1.54, 1.807) is 6.07 Å². The molecule has 0 saturated heterocycles. The van der Waals surface area contributed by atoms with Gasteiger partial charge in [0.15, 0.2) is 5.75 Å². The Morgan fingerprint density at radius 2 is 1.81 bits per heavy atom. The lowest BCUT2D eigenvalue weighted by Crippen LogP contribution is -2.13. The lowest BCUT2D eigenvalue weighted by atomic mass is 10.1. The van der Waals surface area contributed by atoms with Crippen molar-refractivity contribution in [2.75, 3.05) is 25.6 Å². The van der Waals surface area contributed by atoms with Crippen LogP contribution >= 0.6 is 23.2 Å². The molecule has 2 aromatic carbocycles. The van der Waals surface area contributed by atoms with Gasteiger partial charge in [-0.15, -0.1) is 0 Å². The van der Waals surface area contributed by atoms with Gasteiger partial charge in [-0.25, -0.2) is 9.18 Å². The fraction of sp³-hybridized carbons (Fsp3) is 0.222. The SMILES string of the molecule is COC(=O)c1cc(NCCOc2c(Cl)cc(F)cc2Cl)ccc1OC(C)=O. The van der Waals surface area contributed by atoms with Crippen molar-refractivity contribution in [2.24, 2.45) is 0 Å². The predicted molar refractivity (Wildman–Crippen MR) is 99.5 cm³/mol. The van der Waals surface area contributed by atoms with Crippen LogP contribution in [0.1, 0.15) is 17.3 Å². The largest absolute Gasteiger partial charge is 0.489 e. The Labute approximate surface area is 165 Å². The molecule has 0 radical (unpaired) electrons. The summed E-state index contributed by atoms with van der Waals surface area (Å²) in [4.78, 5) is 23.0. The zero-order valence-corrected chi connectivity index (χ0v) is 16.0. The van der Waals surface area contributed by atoms with Gasteiger partial charge in [0.05, 0.1) is 17.2 Å². The average molecular weight is 416 g/mol. The summed E-state index contributed by atoms with van der Waals surface area (Å²) < 4.78 is 28.3. The van der Waals surface area contributed by atoms with Crippen molar-refractivity contribution in [2.45, 2.75) is 6.92 Å². The molecule has 0 spiro atoms. The summed E-state index contributed by atoms with van der Waals surface area (Å²) in [5, 5.41) is 3.17. The lowest BCUT2D eigenvalue weighted by Gasteiger charge is -2.13. The van der Waals surface area contributed by atoms with Gasteiger partial charge < -0.3 is 19.5 Å². The Morgan fingerprint density at radius 3 is 2.41 bits per heavy atom. The molecule has 0 heterocycles. The molecule has 0 bridgehead atoms. The highest BCUT2D eigenvalue weighted by atomic mass is 35.5. The molecule has 0 aromatic heterocycles. The summed E-state index contributed by atoms with van der Waals surface area (Å²) in [6, 6.07) is 6.80. The maximum Gasteiger partial charge on any atom is 0.341 e. The van der Waals surface area contributed by atoms with Gasteiger partial charge in [-0.3, -0.25) is 4.79 Å². The second-order valence-corrected chi connectivity index (χ2v) is 6.08. The molecule has 0 amide bonds. The molecule has 2 aromatic rings. The van der Waals surface area contributed by atoms with E-state index in [-0.39, 0.29) is 33.7 Å². The minimum Gasteiger partial charge on any atom is -0.489 e. The number of halogens is 3. The lowest BCUT2D eigenvalue weighted by molar-refractivity contribution is -0.131. The fourth-order valence-corrected chi connectivity index (χ4v) is 2.74. The fourth-order valence-electron chi connectivity index (χ4n) is 2.17. The number of methoxy groups -OCH3 is 1. The Kier molecular flexibility index (Phi) is 7.27. The average Bonchev–Trinajstić information content (AvgIpc) is 2.60. The second-order valence-electron chi connectivity index (χ2n) is 5.27. The van der Waals surface area contributed by atoms with Crippen LogP contribution in [0.2, 0.25) is 10.0 Å². The van der Waals surface area contributed by atoms with E-state index in [9.17, 15) is 14.0 Å². The van der Waals surface area contributed by atoms with E-state index < -0.39 is 17.8 Å². The van der Waals surface area contributed by atoms with Crippen molar-refractivity contribution in [3.8, 4) is 11.5 Å². The molecule has 2 rings (SSSR count). The smallest absolute Gasteiger partial charge is 0.341 e. The monoisotopic (exact) mass is 415 g/mol. The van der Waals surface area contributed by atoms with Crippen molar-refractivity contribution >= 4 is 40.8 Å².